The summed E-state index contributed by atoms with van der Waals surface area (Å²) in [4.78, 5) is 2.31. The molecule has 1 aliphatic heterocycles. The summed E-state index contributed by atoms with van der Waals surface area (Å²) in [5, 5.41) is 9.15. The van der Waals surface area contributed by atoms with Gasteiger partial charge in [-0.05, 0) is 43.4 Å². The van der Waals surface area contributed by atoms with Crippen molar-refractivity contribution in [1.29, 1.82) is 0 Å². The topological polar surface area (TPSA) is 69.6 Å². The largest absolute Gasteiger partial charge is 0.396 e. The number of hydrogen-bond donors (Lipinski definition) is 2. The first-order valence-electron chi connectivity index (χ1n) is 7.46. The van der Waals surface area contributed by atoms with E-state index in [9.17, 15) is 8.42 Å². The summed E-state index contributed by atoms with van der Waals surface area (Å²) < 4.78 is 25.4. The molecule has 0 radical (unpaired) electrons. The summed E-state index contributed by atoms with van der Waals surface area (Å²) in [6.07, 6.45) is 2.04. The van der Waals surface area contributed by atoms with E-state index in [-0.39, 0.29) is 12.4 Å². The number of nitrogens with one attached hydrogen (secondary N) is 1. The summed E-state index contributed by atoms with van der Waals surface area (Å²) >= 11 is 0. The van der Waals surface area contributed by atoms with Gasteiger partial charge < -0.3 is 10.0 Å². The van der Waals surface area contributed by atoms with Gasteiger partial charge in [0.1, 0.15) is 0 Å². The average Bonchev–Trinajstić information content (AvgIpc) is 2.54. The van der Waals surface area contributed by atoms with Crippen LogP contribution in [0, 0.1) is 5.92 Å². The SMILES string of the molecule is CCS(=O)(=O)NCc1ccc(N2CCC(CO)CC2)cc1. The summed E-state index contributed by atoms with van der Waals surface area (Å²) in [5.74, 6) is 0.536. The standard InChI is InChI=1S/C15H24N2O3S/c1-2-21(19,20)16-11-13-3-5-15(6-4-13)17-9-7-14(12-18)8-10-17/h3-6,14,16,18H,2,7-12H2,1H3. The van der Waals surface area contributed by atoms with Gasteiger partial charge in [-0.2, -0.15) is 0 Å². The summed E-state index contributed by atoms with van der Waals surface area (Å²) in [7, 11) is -3.14. The Morgan fingerprint density at radius 3 is 2.38 bits per heavy atom. The van der Waals surface area contributed by atoms with Crippen molar-refractivity contribution in [2.45, 2.75) is 26.3 Å². The number of hydrogen-bond acceptors (Lipinski definition) is 4. The second-order valence-electron chi connectivity index (χ2n) is 5.50. The Bertz CT molecular complexity index is 535. The van der Waals surface area contributed by atoms with E-state index in [4.69, 9.17) is 5.11 Å². The van der Waals surface area contributed by atoms with Crippen molar-refractivity contribution in [1.82, 2.24) is 4.72 Å². The first-order chi connectivity index (χ1) is 10.0. The average molecular weight is 312 g/mol. The summed E-state index contributed by atoms with van der Waals surface area (Å²) in [6.45, 7) is 4.18. The first kappa shape index (κ1) is 16.3. The molecule has 6 heteroatoms. The zero-order valence-corrected chi connectivity index (χ0v) is 13.3. The van der Waals surface area contributed by atoms with E-state index in [0.717, 1.165) is 37.2 Å². The van der Waals surface area contributed by atoms with Crippen molar-refractivity contribution in [2.24, 2.45) is 5.92 Å². The van der Waals surface area contributed by atoms with Gasteiger partial charge in [-0.1, -0.05) is 12.1 Å². The van der Waals surface area contributed by atoms with E-state index in [1.54, 1.807) is 6.92 Å². The second-order valence-corrected chi connectivity index (χ2v) is 7.60. The van der Waals surface area contributed by atoms with Crippen LogP contribution >= 0.6 is 0 Å². The van der Waals surface area contributed by atoms with Crippen LogP contribution in [0.25, 0.3) is 0 Å². The summed E-state index contributed by atoms with van der Waals surface area (Å²) in [6, 6.07) is 8.00. The molecule has 1 aromatic rings. The van der Waals surface area contributed by atoms with Crippen molar-refractivity contribution < 1.29 is 13.5 Å². The van der Waals surface area contributed by atoms with Gasteiger partial charge in [0.25, 0.3) is 0 Å². The number of aliphatic hydroxyl groups excluding tert-OH is 1. The molecule has 0 aromatic heterocycles. The lowest BCUT2D eigenvalue weighted by molar-refractivity contribution is 0.203. The lowest BCUT2D eigenvalue weighted by Crippen LogP contribution is -2.34. The minimum absolute atomic E-state index is 0.102. The van der Waals surface area contributed by atoms with Crippen molar-refractivity contribution in [3.8, 4) is 0 Å². The van der Waals surface area contributed by atoms with Crippen molar-refractivity contribution in [3.05, 3.63) is 29.8 Å². The Kier molecular flexibility index (Phi) is 5.61. The van der Waals surface area contributed by atoms with Crippen LogP contribution in [0.2, 0.25) is 0 Å². The minimum atomic E-state index is -3.14. The Labute approximate surface area is 127 Å². The third kappa shape index (κ3) is 4.69. The molecule has 0 atom stereocenters. The Hall–Kier alpha value is -1.11. The number of sulfonamides is 1. The van der Waals surface area contributed by atoms with Crippen molar-refractivity contribution in [3.63, 3.8) is 0 Å². The molecular weight excluding hydrogens is 288 g/mol. The summed E-state index contributed by atoms with van der Waals surface area (Å²) in [5.41, 5.74) is 2.12. The molecule has 1 aromatic carbocycles. The highest BCUT2D eigenvalue weighted by Gasteiger charge is 2.18. The highest BCUT2D eigenvalue weighted by Crippen LogP contribution is 2.23. The van der Waals surface area contributed by atoms with E-state index in [0.29, 0.717) is 12.5 Å². The fourth-order valence-corrected chi connectivity index (χ4v) is 3.08. The molecule has 0 amide bonds. The van der Waals surface area contributed by atoms with E-state index in [1.165, 1.54) is 0 Å². The van der Waals surface area contributed by atoms with Gasteiger partial charge in [0.2, 0.25) is 10.0 Å². The fourth-order valence-electron chi connectivity index (χ4n) is 2.49. The number of anilines is 1. The molecular formula is C15H24N2O3S. The molecule has 5 nitrogen and oxygen atoms in total. The highest BCUT2D eigenvalue weighted by atomic mass is 32.2. The van der Waals surface area contributed by atoms with Gasteiger partial charge in [-0.15, -0.1) is 0 Å². The molecule has 0 unspecified atom stereocenters. The maximum absolute atomic E-state index is 11.4. The third-order valence-corrected chi connectivity index (χ3v) is 5.39. The van der Waals surface area contributed by atoms with E-state index >= 15 is 0 Å². The van der Waals surface area contributed by atoms with E-state index in [1.807, 2.05) is 24.3 Å². The Balaban J connectivity index is 1.90. The van der Waals surface area contributed by atoms with Gasteiger partial charge in [-0.25, -0.2) is 13.1 Å². The minimum Gasteiger partial charge on any atom is -0.396 e. The van der Waals surface area contributed by atoms with Crippen LogP contribution in [0.4, 0.5) is 5.69 Å². The normalized spacial score (nSPS) is 17.1. The van der Waals surface area contributed by atoms with Crippen LogP contribution in [0.5, 0.6) is 0 Å². The smallest absolute Gasteiger partial charge is 0.211 e. The third-order valence-electron chi connectivity index (χ3n) is 4.05. The Morgan fingerprint density at radius 1 is 1.24 bits per heavy atom. The number of nitrogens with zero attached hydrogens (tertiary/aromatic N) is 1. The molecule has 0 spiro atoms. The zero-order chi connectivity index (χ0) is 15.3. The second kappa shape index (κ2) is 7.24. The molecule has 1 fully saturated rings. The first-order valence-corrected chi connectivity index (χ1v) is 9.11. The van der Waals surface area contributed by atoms with Crippen LogP contribution in [0.3, 0.4) is 0 Å². The monoisotopic (exact) mass is 312 g/mol. The molecule has 2 N–H and O–H groups in total. The molecule has 0 bridgehead atoms. The molecule has 0 saturated carbocycles. The lowest BCUT2D eigenvalue weighted by atomic mass is 9.97. The maximum atomic E-state index is 11.4. The Morgan fingerprint density at radius 2 is 1.86 bits per heavy atom. The van der Waals surface area contributed by atoms with Gasteiger partial charge in [0, 0.05) is 31.9 Å². The molecule has 1 saturated heterocycles. The van der Waals surface area contributed by atoms with E-state index in [2.05, 4.69) is 9.62 Å². The predicted octanol–water partition coefficient (Wildman–Crippen LogP) is 1.33. The van der Waals surface area contributed by atoms with Crippen molar-refractivity contribution >= 4 is 15.7 Å². The van der Waals surface area contributed by atoms with Crippen LogP contribution in [0.1, 0.15) is 25.3 Å². The quantitative estimate of drug-likeness (QED) is 0.831. The number of aliphatic hydroxyl groups is 1. The van der Waals surface area contributed by atoms with E-state index < -0.39 is 10.0 Å². The lowest BCUT2D eigenvalue weighted by Gasteiger charge is -2.33. The van der Waals surface area contributed by atoms with Crippen LogP contribution in [-0.2, 0) is 16.6 Å². The van der Waals surface area contributed by atoms with Crippen LogP contribution < -0.4 is 9.62 Å². The van der Waals surface area contributed by atoms with Gasteiger partial charge in [-0.3, -0.25) is 0 Å². The predicted molar refractivity (Wildman–Crippen MR) is 84.8 cm³/mol. The maximum Gasteiger partial charge on any atom is 0.211 e. The van der Waals surface area contributed by atoms with Gasteiger partial charge in [0.05, 0.1) is 5.75 Å². The van der Waals surface area contributed by atoms with Gasteiger partial charge in [0.15, 0.2) is 0 Å². The highest BCUT2D eigenvalue weighted by molar-refractivity contribution is 7.89. The van der Waals surface area contributed by atoms with Crippen molar-refractivity contribution in [2.75, 3.05) is 30.3 Å². The number of rotatable bonds is 6. The number of benzene rings is 1. The molecule has 21 heavy (non-hydrogen) atoms. The molecule has 2 rings (SSSR count). The van der Waals surface area contributed by atoms with Gasteiger partial charge >= 0.3 is 0 Å². The van der Waals surface area contributed by atoms with Crippen LogP contribution in [-0.4, -0.2) is 39.0 Å². The number of piperidine rings is 1. The molecule has 1 heterocycles. The molecule has 0 aliphatic carbocycles. The van der Waals surface area contributed by atoms with Crippen LogP contribution in [0.15, 0.2) is 24.3 Å². The zero-order valence-electron chi connectivity index (χ0n) is 12.5. The molecule has 118 valence electrons. The molecule has 1 aliphatic rings. The fraction of sp³-hybridized carbons (Fsp3) is 0.600.